The molecule has 4 nitrogen and oxygen atoms in total. The number of carbonyl (C=O) groups is 1. The maximum atomic E-state index is 11.0. The molecule has 0 aliphatic carbocycles. The number of aliphatic carboxylic acids is 1. The number of carboxylic acid groups (broad SMARTS) is 1. The van der Waals surface area contributed by atoms with E-state index in [0.717, 1.165) is 17.5 Å². The van der Waals surface area contributed by atoms with Crippen LogP contribution in [-0.2, 0) is 17.6 Å². The normalized spacial score (nSPS) is 12.1. The lowest BCUT2D eigenvalue weighted by Crippen LogP contribution is -2.13. The van der Waals surface area contributed by atoms with E-state index in [2.05, 4.69) is 0 Å². The van der Waals surface area contributed by atoms with Gasteiger partial charge in [-0.25, -0.2) is 0 Å². The minimum Gasteiger partial charge on any atom is -0.495 e. The zero-order valence-electron chi connectivity index (χ0n) is 11.6. The van der Waals surface area contributed by atoms with Crippen molar-refractivity contribution in [2.24, 2.45) is 5.92 Å². The minimum atomic E-state index is -0.841. The van der Waals surface area contributed by atoms with Gasteiger partial charge in [-0.05, 0) is 30.0 Å². The second kappa shape index (κ2) is 6.66. The zero-order valence-corrected chi connectivity index (χ0v) is 12.4. The number of hydrogen-bond donors (Lipinski definition) is 1. The predicted molar refractivity (Wildman–Crippen MR) is 74.4 cm³/mol. The summed E-state index contributed by atoms with van der Waals surface area (Å²) < 4.78 is 10.6. The number of ether oxygens (including phenoxy) is 2. The molecule has 0 radical (unpaired) electrons. The fourth-order valence-electron chi connectivity index (χ4n) is 2.00. The van der Waals surface area contributed by atoms with Crippen molar-refractivity contribution in [3.05, 3.63) is 22.2 Å². The molecule has 0 spiro atoms. The molecule has 1 aromatic carbocycles. The standard InChI is InChI=1S/C14H19ClO4/c1-5-9-7-10(6-8(2)14(16)17)13(19-4)11(15)12(9)18-3/h7-8H,5-6H2,1-4H3,(H,16,17). The Bertz CT molecular complexity index is 471. The van der Waals surface area contributed by atoms with Crippen LogP contribution in [0.1, 0.15) is 25.0 Å². The Kier molecular flexibility index (Phi) is 5.48. The van der Waals surface area contributed by atoms with Crippen molar-refractivity contribution in [3.8, 4) is 11.5 Å². The first kappa shape index (κ1) is 15.6. The third-order valence-electron chi connectivity index (χ3n) is 3.07. The molecule has 0 bridgehead atoms. The van der Waals surface area contributed by atoms with Gasteiger partial charge in [-0.15, -0.1) is 0 Å². The first-order valence-corrected chi connectivity index (χ1v) is 6.49. The van der Waals surface area contributed by atoms with Crippen LogP contribution in [0.3, 0.4) is 0 Å². The second-order valence-corrected chi connectivity index (χ2v) is 4.75. The summed E-state index contributed by atoms with van der Waals surface area (Å²) in [5.41, 5.74) is 1.74. The van der Waals surface area contributed by atoms with Crippen molar-refractivity contribution in [1.29, 1.82) is 0 Å². The molecule has 1 unspecified atom stereocenters. The second-order valence-electron chi connectivity index (χ2n) is 4.37. The SMILES string of the molecule is CCc1cc(CC(C)C(=O)O)c(OC)c(Cl)c1OC. The Hall–Kier alpha value is -1.42. The highest BCUT2D eigenvalue weighted by molar-refractivity contribution is 6.33. The van der Waals surface area contributed by atoms with Gasteiger partial charge in [0, 0.05) is 0 Å². The molecule has 1 N–H and O–H groups in total. The highest BCUT2D eigenvalue weighted by Crippen LogP contribution is 2.41. The summed E-state index contributed by atoms with van der Waals surface area (Å²) in [6.45, 7) is 3.65. The maximum Gasteiger partial charge on any atom is 0.306 e. The number of carboxylic acids is 1. The molecular formula is C14H19ClO4. The number of hydrogen-bond acceptors (Lipinski definition) is 3. The van der Waals surface area contributed by atoms with Crippen LogP contribution in [0.2, 0.25) is 5.02 Å². The highest BCUT2D eigenvalue weighted by Gasteiger charge is 2.21. The lowest BCUT2D eigenvalue weighted by atomic mass is 9.97. The van der Waals surface area contributed by atoms with Gasteiger partial charge in [0.2, 0.25) is 0 Å². The molecule has 0 amide bonds. The Morgan fingerprint density at radius 1 is 1.32 bits per heavy atom. The summed E-state index contributed by atoms with van der Waals surface area (Å²) in [6.07, 6.45) is 1.12. The fraction of sp³-hybridized carbons (Fsp3) is 0.500. The molecule has 0 aliphatic heterocycles. The molecule has 19 heavy (non-hydrogen) atoms. The smallest absolute Gasteiger partial charge is 0.306 e. The summed E-state index contributed by atoms with van der Waals surface area (Å²) in [5.74, 6) is -0.258. The molecule has 0 aliphatic rings. The molecule has 106 valence electrons. The number of rotatable bonds is 6. The predicted octanol–water partition coefficient (Wildman–Crippen LogP) is 3.18. The van der Waals surface area contributed by atoms with Crippen molar-refractivity contribution in [1.82, 2.24) is 0 Å². The Morgan fingerprint density at radius 3 is 2.26 bits per heavy atom. The van der Waals surface area contributed by atoms with Crippen molar-refractivity contribution in [2.45, 2.75) is 26.7 Å². The van der Waals surface area contributed by atoms with Crippen molar-refractivity contribution in [3.63, 3.8) is 0 Å². The molecule has 5 heteroatoms. The van der Waals surface area contributed by atoms with Crippen molar-refractivity contribution in [2.75, 3.05) is 14.2 Å². The van der Waals surface area contributed by atoms with E-state index in [4.69, 9.17) is 26.2 Å². The first-order chi connectivity index (χ1) is 8.96. The van der Waals surface area contributed by atoms with Crippen molar-refractivity contribution >= 4 is 17.6 Å². The number of aryl methyl sites for hydroxylation is 1. The van der Waals surface area contributed by atoms with Crippen LogP contribution in [0, 0.1) is 5.92 Å². The van der Waals surface area contributed by atoms with Crippen LogP contribution < -0.4 is 9.47 Å². The number of halogens is 1. The Labute approximate surface area is 118 Å². The van der Waals surface area contributed by atoms with Crippen LogP contribution in [0.5, 0.6) is 11.5 Å². The van der Waals surface area contributed by atoms with Gasteiger partial charge in [0.05, 0.1) is 20.1 Å². The molecule has 1 atom stereocenters. The third-order valence-corrected chi connectivity index (χ3v) is 3.41. The molecule has 1 rings (SSSR count). The van der Waals surface area contributed by atoms with Gasteiger partial charge >= 0.3 is 5.97 Å². The number of benzene rings is 1. The average Bonchev–Trinajstić information content (AvgIpc) is 2.38. The minimum absolute atomic E-state index is 0.370. The van der Waals surface area contributed by atoms with Gasteiger partial charge < -0.3 is 14.6 Å². The molecular weight excluding hydrogens is 268 g/mol. The highest BCUT2D eigenvalue weighted by atomic mass is 35.5. The lowest BCUT2D eigenvalue weighted by molar-refractivity contribution is -0.141. The largest absolute Gasteiger partial charge is 0.495 e. The molecule has 0 saturated carbocycles. The molecule has 0 fully saturated rings. The Balaban J connectivity index is 3.30. The van der Waals surface area contributed by atoms with Crippen LogP contribution in [0.25, 0.3) is 0 Å². The van der Waals surface area contributed by atoms with E-state index in [9.17, 15) is 4.79 Å². The van der Waals surface area contributed by atoms with Gasteiger partial charge in [0.15, 0.2) is 0 Å². The average molecular weight is 287 g/mol. The van der Waals surface area contributed by atoms with Gasteiger partial charge in [-0.1, -0.05) is 25.4 Å². The van der Waals surface area contributed by atoms with E-state index < -0.39 is 11.9 Å². The van der Waals surface area contributed by atoms with E-state index in [1.807, 2.05) is 13.0 Å². The van der Waals surface area contributed by atoms with E-state index in [1.165, 1.54) is 7.11 Å². The quantitative estimate of drug-likeness (QED) is 0.872. The summed E-state index contributed by atoms with van der Waals surface area (Å²) in [7, 11) is 3.07. The van der Waals surface area contributed by atoms with Crippen molar-refractivity contribution < 1.29 is 19.4 Å². The molecule has 0 heterocycles. The molecule has 0 saturated heterocycles. The van der Waals surface area contributed by atoms with Crippen LogP contribution in [0.15, 0.2) is 6.07 Å². The lowest BCUT2D eigenvalue weighted by Gasteiger charge is -2.17. The van der Waals surface area contributed by atoms with Gasteiger partial charge in [-0.3, -0.25) is 4.79 Å². The van der Waals surface area contributed by atoms with E-state index in [1.54, 1.807) is 14.0 Å². The van der Waals surface area contributed by atoms with Crippen LogP contribution >= 0.6 is 11.6 Å². The topological polar surface area (TPSA) is 55.8 Å². The van der Waals surface area contributed by atoms with Gasteiger partial charge in [0.25, 0.3) is 0 Å². The van der Waals surface area contributed by atoms with E-state index >= 15 is 0 Å². The van der Waals surface area contributed by atoms with E-state index in [0.29, 0.717) is 22.9 Å². The first-order valence-electron chi connectivity index (χ1n) is 6.11. The monoisotopic (exact) mass is 286 g/mol. The Morgan fingerprint density at radius 2 is 1.84 bits per heavy atom. The molecule has 1 aromatic rings. The fourth-order valence-corrected chi connectivity index (χ4v) is 2.40. The van der Waals surface area contributed by atoms with Gasteiger partial charge in [0.1, 0.15) is 16.5 Å². The number of methoxy groups -OCH3 is 2. The summed E-state index contributed by atoms with van der Waals surface area (Å²) in [6, 6.07) is 1.91. The van der Waals surface area contributed by atoms with Crippen LogP contribution in [-0.4, -0.2) is 25.3 Å². The summed E-state index contributed by atoms with van der Waals surface area (Å²) in [4.78, 5) is 11.0. The summed E-state index contributed by atoms with van der Waals surface area (Å²) in [5, 5.41) is 9.40. The van der Waals surface area contributed by atoms with E-state index in [-0.39, 0.29) is 0 Å². The zero-order chi connectivity index (χ0) is 14.6. The third kappa shape index (κ3) is 3.32. The molecule has 0 aromatic heterocycles. The summed E-state index contributed by atoms with van der Waals surface area (Å²) >= 11 is 6.26. The van der Waals surface area contributed by atoms with Gasteiger partial charge in [-0.2, -0.15) is 0 Å². The van der Waals surface area contributed by atoms with Crippen LogP contribution in [0.4, 0.5) is 0 Å². The maximum absolute atomic E-state index is 11.0.